The molecule has 1 aliphatic rings. The zero-order valence-electron chi connectivity index (χ0n) is 21.9. The van der Waals surface area contributed by atoms with Gasteiger partial charge in [0.05, 0.1) is 15.6 Å². The zero-order valence-corrected chi connectivity index (χ0v) is 24.2. The zero-order chi connectivity index (χ0) is 28.9. The van der Waals surface area contributed by atoms with Crippen molar-refractivity contribution >= 4 is 50.7 Å². The minimum absolute atomic E-state index is 0.00867. The molecule has 212 valence electrons. The van der Waals surface area contributed by atoms with Crippen molar-refractivity contribution in [3.05, 3.63) is 94.2 Å². The predicted molar refractivity (Wildman–Crippen MR) is 154 cm³/mol. The van der Waals surface area contributed by atoms with Crippen LogP contribution in [0.5, 0.6) is 0 Å². The van der Waals surface area contributed by atoms with E-state index in [2.05, 4.69) is 5.32 Å². The molecule has 0 heterocycles. The molecular weight excluding hydrogens is 576 g/mol. The number of hydrogen-bond donors (Lipinski definition) is 1. The van der Waals surface area contributed by atoms with Gasteiger partial charge in [0.15, 0.2) is 0 Å². The van der Waals surface area contributed by atoms with Gasteiger partial charge in [-0.05, 0) is 67.8 Å². The van der Waals surface area contributed by atoms with Gasteiger partial charge in [0.2, 0.25) is 11.8 Å². The van der Waals surface area contributed by atoms with Gasteiger partial charge >= 0.3 is 0 Å². The summed E-state index contributed by atoms with van der Waals surface area (Å²) < 4.78 is 42.3. The standard InChI is InChI=1S/C29H30Cl2FN3O4S/c1-20(29(37)33-23-10-5-6-11-23)34(18-21-8-7-9-22(30)16-21)28(36)19-35(24-14-15-27(32)26(31)17-24)40(38,39)25-12-3-2-4-13-25/h2-4,7-9,12-17,20,23H,5-6,10-11,18-19H2,1H3,(H,33,37)/t20-/m1/s1. The van der Waals surface area contributed by atoms with E-state index in [1.807, 2.05) is 0 Å². The Morgan fingerprint density at radius 3 is 2.35 bits per heavy atom. The minimum Gasteiger partial charge on any atom is -0.352 e. The lowest BCUT2D eigenvalue weighted by Crippen LogP contribution is -2.52. The van der Waals surface area contributed by atoms with E-state index < -0.39 is 34.3 Å². The molecule has 40 heavy (non-hydrogen) atoms. The first kappa shape index (κ1) is 29.8. The molecule has 1 saturated carbocycles. The van der Waals surface area contributed by atoms with Crippen LogP contribution in [-0.2, 0) is 26.2 Å². The summed E-state index contributed by atoms with van der Waals surface area (Å²) >= 11 is 12.2. The van der Waals surface area contributed by atoms with Gasteiger partial charge in [0.1, 0.15) is 18.4 Å². The van der Waals surface area contributed by atoms with Crippen LogP contribution in [0, 0.1) is 5.82 Å². The van der Waals surface area contributed by atoms with Crippen LogP contribution >= 0.6 is 23.2 Å². The Morgan fingerprint density at radius 1 is 1.00 bits per heavy atom. The van der Waals surface area contributed by atoms with Crippen LogP contribution in [0.25, 0.3) is 0 Å². The number of amides is 2. The molecule has 0 aromatic heterocycles. The molecule has 7 nitrogen and oxygen atoms in total. The smallest absolute Gasteiger partial charge is 0.264 e. The lowest BCUT2D eigenvalue weighted by atomic mass is 10.1. The summed E-state index contributed by atoms with van der Waals surface area (Å²) in [5.74, 6) is -1.69. The largest absolute Gasteiger partial charge is 0.352 e. The highest BCUT2D eigenvalue weighted by Gasteiger charge is 2.33. The highest BCUT2D eigenvalue weighted by molar-refractivity contribution is 7.92. The lowest BCUT2D eigenvalue weighted by Gasteiger charge is -2.32. The number of halogens is 3. The van der Waals surface area contributed by atoms with Gasteiger partial charge in [0.25, 0.3) is 10.0 Å². The second-order valence-corrected chi connectivity index (χ2v) is 12.4. The molecule has 4 rings (SSSR count). The third-order valence-corrected chi connectivity index (χ3v) is 9.22. The summed E-state index contributed by atoms with van der Waals surface area (Å²) in [6.45, 7) is 0.973. The first-order chi connectivity index (χ1) is 19.1. The first-order valence-electron chi connectivity index (χ1n) is 12.9. The van der Waals surface area contributed by atoms with Crippen molar-refractivity contribution in [2.45, 2.75) is 56.1 Å². The number of anilines is 1. The molecule has 0 spiro atoms. The molecule has 1 aliphatic carbocycles. The van der Waals surface area contributed by atoms with Crippen molar-refractivity contribution < 1.29 is 22.4 Å². The SMILES string of the molecule is C[C@H](C(=O)NC1CCCC1)N(Cc1cccc(Cl)c1)C(=O)CN(c1ccc(F)c(Cl)c1)S(=O)(=O)c1ccccc1. The number of benzene rings is 3. The quantitative estimate of drug-likeness (QED) is 0.316. The van der Waals surface area contributed by atoms with Crippen LogP contribution in [-0.4, -0.2) is 43.8 Å². The number of sulfonamides is 1. The second-order valence-electron chi connectivity index (χ2n) is 9.74. The molecule has 3 aromatic rings. The summed E-state index contributed by atoms with van der Waals surface area (Å²) in [7, 11) is -4.27. The van der Waals surface area contributed by atoms with E-state index >= 15 is 0 Å². The fourth-order valence-electron chi connectivity index (χ4n) is 4.70. The van der Waals surface area contributed by atoms with Gasteiger partial charge in [-0.1, -0.05) is 66.4 Å². The van der Waals surface area contributed by atoms with Crippen molar-refractivity contribution in [1.29, 1.82) is 0 Å². The van der Waals surface area contributed by atoms with E-state index in [4.69, 9.17) is 23.2 Å². The fourth-order valence-corrected chi connectivity index (χ4v) is 6.51. The molecule has 0 saturated heterocycles. The molecule has 1 N–H and O–H groups in total. The fraction of sp³-hybridized carbons (Fsp3) is 0.310. The third-order valence-electron chi connectivity index (χ3n) is 6.91. The Morgan fingerprint density at radius 2 is 1.70 bits per heavy atom. The van der Waals surface area contributed by atoms with Crippen molar-refractivity contribution in [2.75, 3.05) is 10.8 Å². The summed E-state index contributed by atoms with van der Waals surface area (Å²) in [6.07, 6.45) is 3.79. The number of carbonyl (C=O) groups is 2. The number of rotatable bonds is 10. The summed E-state index contributed by atoms with van der Waals surface area (Å²) in [5, 5.41) is 3.18. The topological polar surface area (TPSA) is 86.8 Å². The lowest BCUT2D eigenvalue weighted by molar-refractivity contribution is -0.139. The number of carbonyl (C=O) groups excluding carboxylic acids is 2. The van der Waals surface area contributed by atoms with Gasteiger partial charge in [-0.2, -0.15) is 0 Å². The molecule has 3 aromatic carbocycles. The number of nitrogens with zero attached hydrogens (tertiary/aromatic N) is 2. The van der Waals surface area contributed by atoms with Gasteiger partial charge in [-0.15, -0.1) is 0 Å². The monoisotopic (exact) mass is 605 g/mol. The van der Waals surface area contributed by atoms with Crippen LogP contribution in [0.15, 0.2) is 77.7 Å². The Bertz CT molecular complexity index is 1470. The average molecular weight is 607 g/mol. The molecule has 0 radical (unpaired) electrons. The van der Waals surface area contributed by atoms with Gasteiger partial charge in [0, 0.05) is 17.6 Å². The van der Waals surface area contributed by atoms with Crippen molar-refractivity contribution in [1.82, 2.24) is 10.2 Å². The summed E-state index contributed by atoms with van der Waals surface area (Å²) in [5.41, 5.74) is 0.679. The van der Waals surface area contributed by atoms with Crippen LogP contribution < -0.4 is 9.62 Å². The van der Waals surface area contributed by atoms with E-state index in [0.29, 0.717) is 10.6 Å². The molecule has 0 aliphatic heterocycles. The molecule has 1 fully saturated rings. The normalized spacial score (nSPS) is 14.5. The maximum absolute atomic E-state index is 14.0. The number of nitrogens with one attached hydrogen (secondary N) is 1. The first-order valence-corrected chi connectivity index (χ1v) is 15.1. The molecule has 2 amide bonds. The second kappa shape index (κ2) is 13.0. The number of hydrogen-bond acceptors (Lipinski definition) is 4. The maximum Gasteiger partial charge on any atom is 0.264 e. The van der Waals surface area contributed by atoms with Crippen molar-refractivity contribution in [2.24, 2.45) is 0 Å². The Hall–Kier alpha value is -3.14. The highest BCUT2D eigenvalue weighted by Crippen LogP contribution is 2.28. The molecule has 0 bridgehead atoms. The Labute approximate surface area is 243 Å². The molecule has 1 atom stereocenters. The van der Waals surface area contributed by atoms with E-state index in [1.54, 1.807) is 49.4 Å². The summed E-state index contributed by atoms with van der Waals surface area (Å²) in [6, 6.07) is 17.0. The average Bonchev–Trinajstić information content (AvgIpc) is 3.45. The Balaban J connectivity index is 1.69. The summed E-state index contributed by atoms with van der Waals surface area (Å²) in [4.78, 5) is 28.4. The van der Waals surface area contributed by atoms with E-state index in [9.17, 15) is 22.4 Å². The van der Waals surface area contributed by atoms with Gasteiger partial charge < -0.3 is 10.2 Å². The third kappa shape index (κ3) is 7.13. The molecule has 11 heteroatoms. The van der Waals surface area contributed by atoms with Crippen LogP contribution in [0.1, 0.15) is 38.2 Å². The van der Waals surface area contributed by atoms with E-state index in [-0.39, 0.29) is 34.1 Å². The van der Waals surface area contributed by atoms with E-state index in [0.717, 1.165) is 42.1 Å². The minimum atomic E-state index is -4.27. The van der Waals surface area contributed by atoms with Crippen molar-refractivity contribution in [3.8, 4) is 0 Å². The van der Waals surface area contributed by atoms with Crippen LogP contribution in [0.2, 0.25) is 10.0 Å². The van der Waals surface area contributed by atoms with Gasteiger partial charge in [-0.3, -0.25) is 13.9 Å². The van der Waals surface area contributed by atoms with E-state index in [1.165, 1.54) is 23.1 Å². The highest BCUT2D eigenvalue weighted by atomic mass is 35.5. The van der Waals surface area contributed by atoms with Crippen LogP contribution in [0.3, 0.4) is 0 Å². The van der Waals surface area contributed by atoms with Crippen molar-refractivity contribution in [3.63, 3.8) is 0 Å². The molecular formula is C29H30Cl2FN3O4S. The van der Waals surface area contributed by atoms with Crippen LogP contribution in [0.4, 0.5) is 10.1 Å². The molecule has 0 unspecified atom stereocenters. The van der Waals surface area contributed by atoms with Gasteiger partial charge in [-0.25, -0.2) is 12.8 Å². The Kier molecular flexibility index (Phi) is 9.71. The predicted octanol–water partition coefficient (Wildman–Crippen LogP) is 5.80. The maximum atomic E-state index is 14.0.